The van der Waals surface area contributed by atoms with Gasteiger partial charge < -0.3 is 9.64 Å². The highest BCUT2D eigenvalue weighted by Crippen LogP contribution is 2.19. The van der Waals surface area contributed by atoms with E-state index in [1.807, 2.05) is 30.3 Å². The van der Waals surface area contributed by atoms with Crippen LogP contribution in [0.3, 0.4) is 0 Å². The molecule has 5 heteroatoms. The van der Waals surface area contributed by atoms with Gasteiger partial charge in [0.2, 0.25) is 6.08 Å². The van der Waals surface area contributed by atoms with E-state index in [-0.39, 0.29) is 18.7 Å². The lowest BCUT2D eigenvalue weighted by molar-refractivity contribution is 0.0467. The lowest BCUT2D eigenvalue weighted by Gasteiger charge is -2.38. The molecule has 18 heavy (non-hydrogen) atoms. The van der Waals surface area contributed by atoms with E-state index in [9.17, 15) is 9.59 Å². The second-order valence-electron chi connectivity index (χ2n) is 4.11. The fraction of sp³-hybridized carbons (Fsp3) is 0.385. The number of nitrogens with zero attached hydrogens (tertiary/aromatic N) is 2. The maximum Gasteiger partial charge on any atom is 0.410 e. The first-order valence-electron chi connectivity index (χ1n) is 5.82. The van der Waals surface area contributed by atoms with E-state index >= 15 is 0 Å². The predicted octanol–water partition coefficient (Wildman–Crippen LogP) is 1.73. The van der Waals surface area contributed by atoms with Crippen LogP contribution in [0.25, 0.3) is 0 Å². The van der Waals surface area contributed by atoms with Gasteiger partial charge in [0.05, 0.1) is 12.6 Å². The normalized spacial score (nSPS) is 17.6. The second kappa shape index (κ2) is 5.98. The standard InChI is InChI=1S/C13H14N2O3/c16-10-14-8-12-6-7-15(12)13(17)18-9-11-4-2-1-3-5-11/h1-5,12H,6-9H2. The van der Waals surface area contributed by atoms with Gasteiger partial charge in [-0.3, -0.25) is 0 Å². The number of benzene rings is 1. The second-order valence-corrected chi connectivity index (χ2v) is 4.11. The average molecular weight is 246 g/mol. The summed E-state index contributed by atoms with van der Waals surface area (Å²) in [7, 11) is 0. The third-order valence-corrected chi connectivity index (χ3v) is 2.95. The molecule has 1 fully saturated rings. The van der Waals surface area contributed by atoms with E-state index in [0.29, 0.717) is 13.1 Å². The topological polar surface area (TPSA) is 59.0 Å². The molecule has 0 aromatic heterocycles. The first kappa shape index (κ1) is 12.3. The van der Waals surface area contributed by atoms with Crippen molar-refractivity contribution in [3.63, 3.8) is 0 Å². The van der Waals surface area contributed by atoms with Crippen LogP contribution >= 0.6 is 0 Å². The van der Waals surface area contributed by atoms with Crippen molar-refractivity contribution in [1.82, 2.24) is 4.90 Å². The van der Waals surface area contributed by atoms with E-state index in [4.69, 9.17) is 4.74 Å². The van der Waals surface area contributed by atoms with Crippen molar-refractivity contribution < 1.29 is 14.3 Å². The highest BCUT2D eigenvalue weighted by atomic mass is 16.6. The lowest BCUT2D eigenvalue weighted by atomic mass is 10.0. The third kappa shape index (κ3) is 2.96. The quantitative estimate of drug-likeness (QED) is 0.600. The number of isocyanates is 1. The minimum Gasteiger partial charge on any atom is -0.445 e. The highest BCUT2D eigenvalue weighted by Gasteiger charge is 2.32. The molecule has 0 saturated carbocycles. The number of carbonyl (C=O) groups is 1. The molecule has 5 nitrogen and oxygen atoms in total. The first-order chi connectivity index (χ1) is 8.81. The van der Waals surface area contributed by atoms with Crippen LogP contribution < -0.4 is 0 Å². The van der Waals surface area contributed by atoms with Crippen LogP contribution in [0.15, 0.2) is 35.3 Å². The number of aliphatic imine (C=N–C) groups is 1. The van der Waals surface area contributed by atoms with Crippen molar-refractivity contribution in [1.29, 1.82) is 0 Å². The minimum atomic E-state index is -0.351. The summed E-state index contributed by atoms with van der Waals surface area (Å²) in [4.78, 5) is 26.8. The molecule has 2 rings (SSSR count). The van der Waals surface area contributed by atoms with Crippen LogP contribution in [0.2, 0.25) is 0 Å². The molecule has 1 atom stereocenters. The number of likely N-dealkylation sites (tertiary alicyclic amines) is 1. The fourth-order valence-electron chi connectivity index (χ4n) is 1.82. The van der Waals surface area contributed by atoms with Gasteiger partial charge in [-0.25, -0.2) is 14.6 Å². The monoisotopic (exact) mass is 246 g/mol. The van der Waals surface area contributed by atoms with Gasteiger partial charge in [-0.15, -0.1) is 0 Å². The number of rotatable bonds is 4. The number of hydrogen-bond acceptors (Lipinski definition) is 4. The maximum atomic E-state index is 11.7. The van der Waals surface area contributed by atoms with Gasteiger partial charge in [-0.2, -0.15) is 0 Å². The molecule has 0 N–H and O–H groups in total. The summed E-state index contributed by atoms with van der Waals surface area (Å²) in [5, 5.41) is 0. The van der Waals surface area contributed by atoms with Crippen LogP contribution in [0.1, 0.15) is 12.0 Å². The summed E-state index contributed by atoms with van der Waals surface area (Å²) < 4.78 is 5.19. The third-order valence-electron chi connectivity index (χ3n) is 2.95. The summed E-state index contributed by atoms with van der Waals surface area (Å²) in [6.07, 6.45) is 1.98. The Bertz CT molecular complexity index is 455. The largest absolute Gasteiger partial charge is 0.445 e. The number of amides is 1. The molecule has 0 bridgehead atoms. The smallest absolute Gasteiger partial charge is 0.410 e. The van der Waals surface area contributed by atoms with E-state index in [1.54, 1.807) is 4.90 Å². The SMILES string of the molecule is O=C=NCC1CCN1C(=O)OCc1ccccc1. The Kier molecular flexibility index (Phi) is 4.10. The number of ether oxygens (including phenoxy) is 1. The lowest BCUT2D eigenvalue weighted by Crippen LogP contribution is -2.52. The van der Waals surface area contributed by atoms with Crippen molar-refractivity contribution in [2.45, 2.75) is 19.1 Å². The molecule has 94 valence electrons. The number of hydrogen-bond donors (Lipinski definition) is 0. The van der Waals surface area contributed by atoms with Gasteiger partial charge in [-0.1, -0.05) is 30.3 Å². The molecule has 0 radical (unpaired) electrons. The molecule has 1 aliphatic heterocycles. The van der Waals surface area contributed by atoms with Gasteiger partial charge in [0.15, 0.2) is 0 Å². The van der Waals surface area contributed by atoms with Crippen molar-refractivity contribution in [2.24, 2.45) is 4.99 Å². The van der Waals surface area contributed by atoms with Gasteiger partial charge >= 0.3 is 6.09 Å². The van der Waals surface area contributed by atoms with E-state index in [0.717, 1.165) is 12.0 Å². The summed E-state index contributed by atoms with van der Waals surface area (Å²) >= 11 is 0. The van der Waals surface area contributed by atoms with Crippen LogP contribution in [-0.4, -0.2) is 36.2 Å². The Balaban J connectivity index is 1.80. The van der Waals surface area contributed by atoms with E-state index < -0.39 is 0 Å². The van der Waals surface area contributed by atoms with E-state index in [1.165, 1.54) is 6.08 Å². The summed E-state index contributed by atoms with van der Waals surface area (Å²) in [5.74, 6) is 0. The van der Waals surface area contributed by atoms with Crippen LogP contribution in [-0.2, 0) is 16.1 Å². The molecule has 1 aromatic rings. The molecule has 0 spiro atoms. The predicted molar refractivity (Wildman–Crippen MR) is 64.7 cm³/mol. The van der Waals surface area contributed by atoms with Gasteiger partial charge in [0.1, 0.15) is 6.61 Å². The van der Waals surface area contributed by atoms with Crippen molar-refractivity contribution in [3.8, 4) is 0 Å². The van der Waals surface area contributed by atoms with Crippen molar-refractivity contribution in [3.05, 3.63) is 35.9 Å². The molecule has 1 heterocycles. The maximum absolute atomic E-state index is 11.7. The van der Waals surface area contributed by atoms with E-state index in [2.05, 4.69) is 4.99 Å². The molecule has 1 unspecified atom stereocenters. The molecule has 1 aromatic carbocycles. The molecule has 1 amide bonds. The van der Waals surface area contributed by atoms with Crippen LogP contribution in [0, 0.1) is 0 Å². The molecule has 1 aliphatic rings. The van der Waals surface area contributed by atoms with Crippen LogP contribution in [0.4, 0.5) is 4.79 Å². The van der Waals surface area contributed by atoms with Gasteiger partial charge in [-0.05, 0) is 12.0 Å². The summed E-state index contributed by atoms with van der Waals surface area (Å²) in [6.45, 7) is 1.23. The Morgan fingerprint density at radius 2 is 2.22 bits per heavy atom. The van der Waals surface area contributed by atoms with Crippen molar-refractivity contribution in [2.75, 3.05) is 13.1 Å². The Morgan fingerprint density at radius 3 is 2.83 bits per heavy atom. The molecule has 0 aliphatic carbocycles. The Hall–Kier alpha value is -2.13. The first-order valence-corrected chi connectivity index (χ1v) is 5.82. The zero-order chi connectivity index (χ0) is 12.8. The number of carbonyl (C=O) groups excluding carboxylic acids is 2. The molecule has 1 saturated heterocycles. The Labute approximate surface area is 105 Å². The summed E-state index contributed by atoms with van der Waals surface area (Å²) in [6, 6.07) is 9.49. The van der Waals surface area contributed by atoms with Crippen molar-refractivity contribution >= 4 is 12.2 Å². The van der Waals surface area contributed by atoms with Gasteiger partial charge in [0.25, 0.3) is 0 Å². The average Bonchev–Trinajstić information content (AvgIpc) is 2.37. The van der Waals surface area contributed by atoms with Crippen LogP contribution in [0.5, 0.6) is 0 Å². The zero-order valence-corrected chi connectivity index (χ0v) is 9.91. The highest BCUT2D eigenvalue weighted by molar-refractivity contribution is 5.69. The molecular formula is C13H14N2O3. The molecular weight excluding hydrogens is 232 g/mol. The zero-order valence-electron chi connectivity index (χ0n) is 9.91. The summed E-state index contributed by atoms with van der Waals surface area (Å²) in [5.41, 5.74) is 0.953. The fourth-order valence-corrected chi connectivity index (χ4v) is 1.82. The Morgan fingerprint density at radius 1 is 1.44 bits per heavy atom. The van der Waals surface area contributed by atoms with Gasteiger partial charge in [0, 0.05) is 6.54 Å². The minimum absolute atomic E-state index is 0.0188.